The summed E-state index contributed by atoms with van der Waals surface area (Å²) in [4.78, 5) is 26.0. The van der Waals surface area contributed by atoms with Crippen LogP contribution in [0, 0.1) is 0 Å². The molecule has 124 valence electrons. The standard InChI is InChI=1S/C18H18N2O4/c1-12(21)20-11-17(24-16-9-4-3-8-15(16)20)18(22)19-13-6-5-7-14(10-13)23-2/h3-10,17H,11H2,1-2H3,(H,19,22)/t17-/m0/s1. The summed E-state index contributed by atoms with van der Waals surface area (Å²) in [7, 11) is 1.56. The molecule has 0 spiro atoms. The van der Waals surface area contributed by atoms with Crippen LogP contribution >= 0.6 is 0 Å². The molecule has 1 heterocycles. The highest BCUT2D eigenvalue weighted by molar-refractivity contribution is 5.99. The average Bonchev–Trinajstić information content (AvgIpc) is 2.60. The summed E-state index contributed by atoms with van der Waals surface area (Å²) in [6.45, 7) is 1.64. The van der Waals surface area contributed by atoms with Gasteiger partial charge in [0.1, 0.15) is 11.5 Å². The van der Waals surface area contributed by atoms with E-state index in [0.29, 0.717) is 22.9 Å². The van der Waals surface area contributed by atoms with Gasteiger partial charge in [0.25, 0.3) is 5.91 Å². The van der Waals surface area contributed by atoms with E-state index in [1.807, 2.05) is 6.07 Å². The second-order valence-electron chi connectivity index (χ2n) is 5.43. The Morgan fingerprint density at radius 1 is 1.21 bits per heavy atom. The van der Waals surface area contributed by atoms with Crippen molar-refractivity contribution >= 4 is 23.2 Å². The molecule has 0 fully saturated rings. The Bertz CT molecular complexity index is 775. The van der Waals surface area contributed by atoms with Gasteiger partial charge >= 0.3 is 0 Å². The molecule has 1 aliphatic rings. The third-order valence-corrected chi connectivity index (χ3v) is 3.78. The molecule has 2 amide bonds. The summed E-state index contributed by atoms with van der Waals surface area (Å²) in [5.41, 5.74) is 1.28. The highest BCUT2D eigenvalue weighted by atomic mass is 16.5. The molecule has 0 unspecified atom stereocenters. The Hall–Kier alpha value is -3.02. The number of methoxy groups -OCH3 is 1. The van der Waals surface area contributed by atoms with Crippen LogP contribution in [0.4, 0.5) is 11.4 Å². The fourth-order valence-corrected chi connectivity index (χ4v) is 2.59. The molecule has 0 aromatic heterocycles. The number of ether oxygens (including phenoxy) is 2. The lowest BCUT2D eigenvalue weighted by atomic mass is 10.1. The molecule has 24 heavy (non-hydrogen) atoms. The lowest BCUT2D eigenvalue weighted by molar-refractivity contribution is -0.123. The summed E-state index contributed by atoms with van der Waals surface area (Å²) in [6.07, 6.45) is -0.782. The van der Waals surface area contributed by atoms with E-state index in [2.05, 4.69) is 5.32 Å². The first kappa shape index (κ1) is 15.9. The lowest BCUT2D eigenvalue weighted by Crippen LogP contribution is -2.48. The number of carbonyl (C=O) groups is 2. The second-order valence-corrected chi connectivity index (χ2v) is 5.43. The first-order valence-electron chi connectivity index (χ1n) is 7.57. The first-order chi connectivity index (χ1) is 11.6. The molecule has 0 bridgehead atoms. The minimum atomic E-state index is -0.782. The van der Waals surface area contributed by atoms with Crippen molar-refractivity contribution in [1.29, 1.82) is 0 Å². The molecule has 6 nitrogen and oxygen atoms in total. The maximum atomic E-state index is 12.5. The van der Waals surface area contributed by atoms with E-state index >= 15 is 0 Å². The third-order valence-electron chi connectivity index (χ3n) is 3.78. The smallest absolute Gasteiger partial charge is 0.267 e. The van der Waals surface area contributed by atoms with Crippen molar-refractivity contribution in [2.24, 2.45) is 0 Å². The van der Waals surface area contributed by atoms with Crippen molar-refractivity contribution in [3.05, 3.63) is 48.5 Å². The van der Waals surface area contributed by atoms with Gasteiger partial charge in [0.05, 0.1) is 19.3 Å². The van der Waals surface area contributed by atoms with Crippen molar-refractivity contribution in [3.8, 4) is 11.5 Å². The van der Waals surface area contributed by atoms with E-state index in [9.17, 15) is 9.59 Å². The summed E-state index contributed by atoms with van der Waals surface area (Å²) in [5.74, 6) is 0.715. The van der Waals surface area contributed by atoms with Crippen LogP contribution in [0.3, 0.4) is 0 Å². The zero-order valence-corrected chi connectivity index (χ0v) is 13.5. The Kier molecular flexibility index (Phi) is 4.37. The normalized spacial score (nSPS) is 15.9. The van der Waals surface area contributed by atoms with Gasteiger partial charge in [-0.05, 0) is 24.3 Å². The third kappa shape index (κ3) is 3.17. The number of fused-ring (bicyclic) bond motifs is 1. The van der Waals surface area contributed by atoms with Gasteiger partial charge in [0.2, 0.25) is 5.91 Å². The summed E-state index contributed by atoms with van der Waals surface area (Å²) < 4.78 is 10.9. The number of benzene rings is 2. The number of para-hydroxylation sites is 2. The van der Waals surface area contributed by atoms with Crippen LogP contribution in [0.25, 0.3) is 0 Å². The van der Waals surface area contributed by atoms with Gasteiger partial charge in [-0.2, -0.15) is 0 Å². The van der Waals surface area contributed by atoms with E-state index in [1.54, 1.807) is 54.5 Å². The summed E-state index contributed by atoms with van der Waals surface area (Å²) >= 11 is 0. The molecule has 0 saturated carbocycles. The van der Waals surface area contributed by atoms with Crippen LogP contribution in [0.5, 0.6) is 11.5 Å². The maximum absolute atomic E-state index is 12.5. The Balaban J connectivity index is 1.79. The van der Waals surface area contributed by atoms with Gasteiger partial charge < -0.3 is 19.7 Å². The van der Waals surface area contributed by atoms with Crippen LogP contribution in [-0.4, -0.2) is 31.6 Å². The number of anilines is 2. The van der Waals surface area contributed by atoms with Crippen LogP contribution < -0.4 is 19.7 Å². The first-order valence-corrected chi connectivity index (χ1v) is 7.57. The second kappa shape index (κ2) is 6.62. The van der Waals surface area contributed by atoms with Gasteiger partial charge in [-0.15, -0.1) is 0 Å². The fourth-order valence-electron chi connectivity index (χ4n) is 2.59. The Labute approximate surface area is 140 Å². The number of nitrogens with zero attached hydrogens (tertiary/aromatic N) is 1. The Morgan fingerprint density at radius 3 is 2.75 bits per heavy atom. The van der Waals surface area contributed by atoms with E-state index in [-0.39, 0.29) is 18.4 Å². The monoisotopic (exact) mass is 326 g/mol. The number of nitrogens with one attached hydrogen (secondary N) is 1. The molecule has 0 aliphatic carbocycles. The summed E-state index contributed by atoms with van der Waals surface area (Å²) in [5, 5.41) is 2.79. The molecule has 1 atom stereocenters. The van der Waals surface area contributed by atoms with Crippen molar-refractivity contribution in [2.75, 3.05) is 23.9 Å². The van der Waals surface area contributed by atoms with Crippen LogP contribution in [0.15, 0.2) is 48.5 Å². The number of carbonyl (C=O) groups excluding carboxylic acids is 2. The zero-order chi connectivity index (χ0) is 17.1. The van der Waals surface area contributed by atoms with Gasteiger partial charge in [0.15, 0.2) is 6.10 Å². The Morgan fingerprint density at radius 2 is 2.00 bits per heavy atom. The van der Waals surface area contributed by atoms with Gasteiger partial charge in [-0.3, -0.25) is 9.59 Å². The lowest BCUT2D eigenvalue weighted by Gasteiger charge is -2.33. The topological polar surface area (TPSA) is 67.9 Å². The molecule has 3 rings (SSSR count). The largest absolute Gasteiger partial charge is 0.497 e. The van der Waals surface area contributed by atoms with Crippen molar-refractivity contribution in [3.63, 3.8) is 0 Å². The number of hydrogen-bond donors (Lipinski definition) is 1. The fraction of sp³-hybridized carbons (Fsp3) is 0.222. The van der Waals surface area contributed by atoms with E-state index in [4.69, 9.17) is 9.47 Å². The molecular formula is C18H18N2O4. The predicted molar refractivity (Wildman–Crippen MR) is 90.5 cm³/mol. The minimum Gasteiger partial charge on any atom is -0.497 e. The molecular weight excluding hydrogens is 308 g/mol. The van der Waals surface area contributed by atoms with E-state index < -0.39 is 6.10 Å². The van der Waals surface area contributed by atoms with E-state index in [0.717, 1.165) is 0 Å². The number of rotatable bonds is 3. The molecule has 2 aromatic carbocycles. The number of amides is 2. The van der Waals surface area contributed by atoms with Crippen LogP contribution in [0.2, 0.25) is 0 Å². The average molecular weight is 326 g/mol. The molecule has 6 heteroatoms. The van der Waals surface area contributed by atoms with Gasteiger partial charge in [0, 0.05) is 18.7 Å². The minimum absolute atomic E-state index is 0.134. The molecule has 1 aliphatic heterocycles. The van der Waals surface area contributed by atoms with Crippen molar-refractivity contribution < 1.29 is 19.1 Å². The zero-order valence-electron chi connectivity index (χ0n) is 13.5. The van der Waals surface area contributed by atoms with E-state index in [1.165, 1.54) is 6.92 Å². The quantitative estimate of drug-likeness (QED) is 0.941. The van der Waals surface area contributed by atoms with Crippen LogP contribution in [-0.2, 0) is 9.59 Å². The molecule has 1 N–H and O–H groups in total. The highest BCUT2D eigenvalue weighted by Crippen LogP contribution is 2.33. The molecule has 2 aromatic rings. The molecule has 0 radical (unpaired) electrons. The summed E-state index contributed by atoms with van der Waals surface area (Å²) in [6, 6.07) is 14.2. The van der Waals surface area contributed by atoms with Crippen molar-refractivity contribution in [1.82, 2.24) is 0 Å². The SMILES string of the molecule is COc1cccc(NC(=O)[C@@H]2CN(C(C)=O)c3ccccc3O2)c1. The van der Waals surface area contributed by atoms with Gasteiger partial charge in [-0.1, -0.05) is 18.2 Å². The highest BCUT2D eigenvalue weighted by Gasteiger charge is 2.32. The van der Waals surface area contributed by atoms with Crippen LogP contribution in [0.1, 0.15) is 6.92 Å². The van der Waals surface area contributed by atoms with Crippen molar-refractivity contribution in [2.45, 2.75) is 13.0 Å². The molecule has 0 saturated heterocycles. The predicted octanol–water partition coefficient (Wildman–Crippen LogP) is 2.45. The maximum Gasteiger partial charge on any atom is 0.267 e. The van der Waals surface area contributed by atoms with Gasteiger partial charge in [-0.25, -0.2) is 0 Å². The number of hydrogen-bond acceptors (Lipinski definition) is 4.